The van der Waals surface area contributed by atoms with Gasteiger partial charge in [-0.25, -0.2) is 23.3 Å². The van der Waals surface area contributed by atoms with Crippen molar-refractivity contribution < 1.29 is 32.6 Å². The molecule has 5 rings (SSSR count). The molecule has 1 N–H and O–H groups in total. The van der Waals surface area contributed by atoms with Gasteiger partial charge in [0.05, 0.1) is 32.0 Å². The van der Waals surface area contributed by atoms with E-state index in [4.69, 9.17) is 14.2 Å². The summed E-state index contributed by atoms with van der Waals surface area (Å²) < 4.78 is 45.5. The van der Waals surface area contributed by atoms with Crippen LogP contribution in [0.4, 0.5) is 29.7 Å². The number of amides is 4. The van der Waals surface area contributed by atoms with Crippen LogP contribution in [0.5, 0.6) is 23.0 Å². The zero-order valence-electron chi connectivity index (χ0n) is 20.4. The fourth-order valence-electron chi connectivity index (χ4n) is 4.13. The van der Waals surface area contributed by atoms with Crippen LogP contribution in [0.2, 0.25) is 0 Å². The number of carbonyl (C=O) groups is 2. The highest BCUT2D eigenvalue weighted by molar-refractivity contribution is 6.08. The molecule has 194 valence electrons. The van der Waals surface area contributed by atoms with Crippen LogP contribution in [0.15, 0.2) is 66.9 Å². The second-order valence-corrected chi connectivity index (χ2v) is 8.25. The number of nitrogens with zero attached hydrogens (tertiary/aromatic N) is 3. The average Bonchev–Trinajstić information content (AvgIpc) is 3.30. The first-order chi connectivity index (χ1) is 18.4. The number of ether oxygens (including phenoxy) is 3. The number of para-hydroxylation sites is 1. The molecule has 0 saturated carbocycles. The molecule has 0 radical (unpaired) electrons. The SMILES string of the molecule is COc1cc2nccc(Oc3ccc(NC(=O)N4CCN(c5ccccc5F)C4=O)cc3F)c2cc1OC. The summed E-state index contributed by atoms with van der Waals surface area (Å²) in [5, 5.41) is 3.08. The van der Waals surface area contributed by atoms with Gasteiger partial charge in [0.25, 0.3) is 0 Å². The number of fused-ring (bicyclic) bond motifs is 1. The van der Waals surface area contributed by atoms with Gasteiger partial charge in [-0.05, 0) is 36.4 Å². The number of rotatable bonds is 6. The van der Waals surface area contributed by atoms with Crippen molar-refractivity contribution in [1.82, 2.24) is 9.88 Å². The zero-order chi connectivity index (χ0) is 26.8. The molecular weight excluding hydrogens is 498 g/mol. The van der Waals surface area contributed by atoms with Gasteiger partial charge < -0.3 is 19.5 Å². The Kier molecular flexibility index (Phi) is 6.65. The van der Waals surface area contributed by atoms with Crippen molar-refractivity contribution in [1.29, 1.82) is 0 Å². The van der Waals surface area contributed by atoms with Crippen molar-refractivity contribution >= 4 is 34.3 Å². The lowest BCUT2D eigenvalue weighted by molar-refractivity contribution is 0.209. The maximum atomic E-state index is 15.0. The summed E-state index contributed by atoms with van der Waals surface area (Å²) >= 11 is 0. The maximum Gasteiger partial charge on any atom is 0.332 e. The Hall–Kier alpha value is -4.93. The maximum absolute atomic E-state index is 15.0. The first kappa shape index (κ1) is 24.8. The highest BCUT2D eigenvalue weighted by atomic mass is 19.1. The van der Waals surface area contributed by atoms with E-state index < -0.39 is 23.7 Å². The van der Waals surface area contributed by atoms with Crippen molar-refractivity contribution in [2.75, 3.05) is 37.5 Å². The first-order valence-corrected chi connectivity index (χ1v) is 11.5. The van der Waals surface area contributed by atoms with E-state index >= 15 is 0 Å². The number of imide groups is 1. The van der Waals surface area contributed by atoms with Crippen LogP contribution >= 0.6 is 0 Å². The molecule has 3 aromatic carbocycles. The second-order valence-electron chi connectivity index (χ2n) is 8.25. The van der Waals surface area contributed by atoms with E-state index in [9.17, 15) is 18.4 Å². The lowest BCUT2D eigenvalue weighted by atomic mass is 10.2. The van der Waals surface area contributed by atoms with Gasteiger partial charge in [-0.3, -0.25) is 9.88 Å². The van der Waals surface area contributed by atoms with Gasteiger partial charge in [0, 0.05) is 35.9 Å². The zero-order valence-corrected chi connectivity index (χ0v) is 20.4. The molecule has 2 heterocycles. The van der Waals surface area contributed by atoms with E-state index in [0.717, 1.165) is 11.0 Å². The minimum absolute atomic E-state index is 0.0477. The fourth-order valence-corrected chi connectivity index (χ4v) is 4.13. The van der Waals surface area contributed by atoms with Gasteiger partial charge >= 0.3 is 12.1 Å². The van der Waals surface area contributed by atoms with E-state index in [1.807, 2.05) is 0 Å². The van der Waals surface area contributed by atoms with Gasteiger partial charge in [0.1, 0.15) is 11.6 Å². The molecule has 38 heavy (non-hydrogen) atoms. The molecule has 1 saturated heterocycles. The molecule has 0 unspecified atom stereocenters. The largest absolute Gasteiger partial charge is 0.493 e. The number of nitrogens with one attached hydrogen (secondary N) is 1. The number of benzene rings is 3. The minimum Gasteiger partial charge on any atom is -0.493 e. The summed E-state index contributed by atoms with van der Waals surface area (Å²) in [6.07, 6.45) is 1.52. The number of hydrogen-bond acceptors (Lipinski definition) is 6. The molecule has 11 heteroatoms. The van der Waals surface area contributed by atoms with Crippen molar-refractivity contribution in [3.05, 3.63) is 78.5 Å². The van der Waals surface area contributed by atoms with E-state index in [2.05, 4.69) is 10.3 Å². The van der Waals surface area contributed by atoms with Gasteiger partial charge in [-0.2, -0.15) is 0 Å². The number of anilines is 2. The molecular formula is C27H22F2N4O5. The third kappa shape index (κ3) is 4.61. The van der Waals surface area contributed by atoms with Gasteiger partial charge in [0.2, 0.25) is 0 Å². The summed E-state index contributed by atoms with van der Waals surface area (Å²) in [6.45, 7) is 0.177. The molecule has 1 aliphatic rings. The number of methoxy groups -OCH3 is 2. The number of urea groups is 2. The number of pyridine rings is 1. The molecule has 0 bridgehead atoms. The number of aromatic nitrogens is 1. The van der Waals surface area contributed by atoms with Crippen LogP contribution in [0.3, 0.4) is 0 Å². The van der Waals surface area contributed by atoms with Crippen LogP contribution in [-0.4, -0.2) is 49.3 Å². The van der Waals surface area contributed by atoms with Gasteiger partial charge in [0.15, 0.2) is 23.1 Å². The van der Waals surface area contributed by atoms with E-state index in [0.29, 0.717) is 28.2 Å². The summed E-state index contributed by atoms with van der Waals surface area (Å²) in [6, 6.07) is 13.2. The number of carbonyl (C=O) groups excluding carboxylic acids is 2. The summed E-state index contributed by atoms with van der Waals surface area (Å²) in [7, 11) is 3.01. The standard InChI is InChI=1S/C27H22F2N4O5/c1-36-24-14-17-20(15-25(24)37-2)30-10-9-22(17)38-23-8-7-16(13-19(23)29)31-26(34)33-12-11-32(27(33)35)21-6-4-3-5-18(21)28/h3-10,13-15H,11-12H2,1-2H3,(H,31,34). The smallest absolute Gasteiger partial charge is 0.332 e. The highest BCUT2D eigenvalue weighted by Crippen LogP contribution is 2.37. The molecule has 4 amide bonds. The van der Waals surface area contributed by atoms with Crippen molar-refractivity contribution in [3.63, 3.8) is 0 Å². The first-order valence-electron chi connectivity index (χ1n) is 11.5. The van der Waals surface area contributed by atoms with Crippen LogP contribution in [0.25, 0.3) is 10.9 Å². The third-order valence-corrected chi connectivity index (χ3v) is 6.01. The predicted octanol–water partition coefficient (Wildman–Crippen LogP) is 5.80. The van der Waals surface area contributed by atoms with E-state index in [1.165, 1.54) is 55.6 Å². The monoisotopic (exact) mass is 520 g/mol. The Morgan fingerprint density at radius 3 is 2.39 bits per heavy atom. The van der Waals surface area contributed by atoms with Crippen molar-refractivity contribution in [2.24, 2.45) is 0 Å². The number of halogens is 2. The summed E-state index contributed by atoms with van der Waals surface area (Å²) in [5.41, 5.74) is 0.757. The second kappa shape index (κ2) is 10.2. The summed E-state index contributed by atoms with van der Waals surface area (Å²) in [5.74, 6) is -0.115. The van der Waals surface area contributed by atoms with Gasteiger partial charge in [-0.1, -0.05) is 12.1 Å². The topological polar surface area (TPSA) is 93.2 Å². The van der Waals surface area contributed by atoms with E-state index in [1.54, 1.807) is 24.3 Å². The van der Waals surface area contributed by atoms with E-state index in [-0.39, 0.29) is 30.2 Å². The molecule has 9 nitrogen and oxygen atoms in total. The van der Waals surface area contributed by atoms with Crippen LogP contribution in [0.1, 0.15) is 0 Å². The Morgan fingerprint density at radius 1 is 0.895 bits per heavy atom. The highest BCUT2D eigenvalue weighted by Gasteiger charge is 2.35. The molecule has 0 spiro atoms. The Labute approximate surface area is 216 Å². The Balaban J connectivity index is 1.31. The lowest BCUT2D eigenvalue weighted by Gasteiger charge is -2.18. The Morgan fingerprint density at radius 2 is 1.66 bits per heavy atom. The van der Waals surface area contributed by atoms with Crippen LogP contribution in [-0.2, 0) is 0 Å². The molecule has 0 aliphatic carbocycles. The Bertz CT molecular complexity index is 1550. The third-order valence-electron chi connectivity index (χ3n) is 6.01. The molecule has 1 fully saturated rings. The molecule has 1 aromatic heterocycles. The molecule has 0 atom stereocenters. The lowest BCUT2D eigenvalue weighted by Crippen LogP contribution is -2.39. The number of hydrogen-bond donors (Lipinski definition) is 1. The molecule has 1 aliphatic heterocycles. The van der Waals surface area contributed by atoms with Crippen LogP contribution in [0, 0.1) is 11.6 Å². The van der Waals surface area contributed by atoms with Gasteiger partial charge in [-0.15, -0.1) is 0 Å². The average molecular weight is 520 g/mol. The summed E-state index contributed by atoms with van der Waals surface area (Å²) in [4.78, 5) is 31.8. The molecule has 4 aromatic rings. The van der Waals surface area contributed by atoms with Crippen molar-refractivity contribution in [3.8, 4) is 23.0 Å². The fraction of sp³-hybridized carbons (Fsp3) is 0.148. The van der Waals surface area contributed by atoms with Crippen LogP contribution < -0.4 is 24.4 Å². The minimum atomic E-state index is -0.761. The quantitative estimate of drug-likeness (QED) is 0.346. The van der Waals surface area contributed by atoms with Crippen molar-refractivity contribution in [2.45, 2.75) is 0 Å². The normalized spacial score (nSPS) is 13.1. The predicted molar refractivity (Wildman–Crippen MR) is 136 cm³/mol.